The average Bonchev–Trinajstić information content (AvgIpc) is 3.49. The highest BCUT2D eigenvalue weighted by atomic mass is 32.1. The van der Waals surface area contributed by atoms with E-state index in [0.717, 1.165) is 22.4 Å². The molecule has 1 amide bonds. The lowest BCUT2D eigenvalue weighted by Gasteiger charge is -2.23. The zero-order chi connectivity index (χ0) is 24.2. The van der Waals surface area contributed by atoms with E-state index in [-0.39, 0.29) is 5.91 Å². The Bertz CT molecular complexity index is 1140. The number of rotatable bonds is 8. The Morgan fingerprint density at radius 1 is 1.18 bits per heavy atom. The number of β-amino-alcohol motifs (C(OH)–C–C–N with tert-alkyl or cyclic N) is 1. The molecule has 1 aliphatic heterocycles. The average molecular weight is 484 g/mol. The smallest absolute Gasteiger partial charge is 0.243 e. The summed E-state index contributed by atoms with van der Waals surface area (Å²) in [6, 6.07) is 11.1. The number of carbonyl (C=O) groups excluding carboxylic acids is 1. The summed E-state index contributed by atoms with van der Waals surface area (Å²) >= 11 is 1.43. The number of ether oxygens (including phenoxy) is 3. The van der Waals surface area contributed by atoms with Crippen LogP contribution in [0.4, 0.5) is 5.13 Å². The minimum atomic E-state index is -0.595. The van der Waals surface area contributed by atoms with Crippen LogP contribution in [-0.4, -0.2) is 56.0 Å². The summed E-state index contributed by atoms with van der Waals surface area (Å²) in [5, 5.41) is 16.0. The molecule has 2 heterocycles. The molecule has 1 aromatic heterocycles. The van der Waals surface area contributed by atoms with Crippen molar-refractivity contribution in [2.45, 2.75) is 32.0 Å². The quantitative estimate of drug-likeness (QED) is 0.507. The van der Waals surface area contributed by atoms with Gasteiger partial charge in [0.25, 0.3) is 0 Å². The Morgan fingerprint density at radius 2 is 1.88 bits per heavy atom. The van der Waals surface area contributed by atoms with Crippen LogP contribution < -0.4 is 24.4 Å². The second-order valence-corrected chi connectivity index (χ2v) is 8.97. The van der Waals surface area contributed by atoms with Crippen molar-refractivity contribution in [3.05, 3.63) is 52.9 Å². The minimum Gasteiger partial charge on any atom is -0.493 e. The summed E-state index contributed by atoms with van der Waals surface area (Å²) in [7, 11) is 4.70. The highest BCUT2D eigenvalue weighted by molar-refractivity contribution is 7.14. The standard InChI is InChI=1S/C25H29N3O5S/c1-15-7-5-6-8-16(15)12-26-24(30)20-11-18(29)13-28(20)25-27-19(14-34-25)17-9-21(31-2)23(33-4)22(10-17)32-3/h5-10,14,18,20,29H,11-13H2,1-4H3,(H,26,30)/t18?,20-/m0/s1. The predicted octanol–water partition coefficient (Wildman–Crippen LogP) is 3.40. The molecule has 0 saturated carbocycles. The second kappa shape index (κ2) is 10.3. The number of aryl methyl sites for hydroxylation is 1. The topological polar surface area (TPSA) is 93.2 Å². The molecule has 0 spiro atoms. The molecular formula is C25H29N3O5S. The molecule has 0 radical (unpaired) electrons. The lowest BCUT2D eigenvalue weighted by Crippen LogP contribution is -2.43. The fraction of sp³-hybridized carbons (Fsp3) is 0.360. The molecule has 0 aliphatic carbocycles. The third-order valence-corrected chi connectivity index (χ3v) is 6.87. The fourth-order valence-corrected chi connectivity index (χ4v) is 5.03. The lowest BCUT2D eigenvalue weighted by atomic mass is 10.1. The van der Waals surface area contributed by atoms with Gasteiger partial charge in [-0.05, 0) is 30.2 Å². The molecular weight excluding hydrogens is 454 g/mol. The highest BCUT2D eigenvalue weighted by Crippen LogP contribution is 2.42. The van der Waals surface area contributed by atoms with E-state index in [1.807, 2.05) is 53.6 Å². The van der Waals surface area contributed by atoms with E-state index in [4.69, 9.17) is 19.2 Å². The summed E-state index contributed by atoms with van der Waals surface area (Å²) in [6.07, 6.45) is -0.235. The van der Waals surface area contributed by atoms with Gasteiger partial charge >= 0.3 is 0 Å². The first-order valence-electron chi connectivity index (χ1n) is 11.0. The van der Waals surface area contributed by atoms with Crippen molar-refractivity contribution in [3.8, 4) is 28.5 Å². The van der Waals surface area contributed by atoms with Crippen LogP contribution in [-0.2, 0) is 11.3 Å². The molecule has 4 rings (SSSR count). The van der Waals surface area contributed by atoms with Gasteiger partial charge in [0, 0.05) is 30.5 Å². The minimum absolute atomic E-state index is 0.121. The van der Waals surface area contributed by atoms with Gasteiger partial charge in [0.1, 0.15) is 6.04 Å². The van der Waals surface area contributed by atoms with E-state index >= 15 is 0 Å². The number of aliphatic hydroxyl groups is 1. The lowest BCUT2D eigenvalue weighted by molar-refractivity contribution is -0.122. The maximum absolute atomic E-state index is 13.0. The number of thiazole rings is 1. The van der Waals surface area contributed by atoms with E-state index in [2.05, 4.69) is 5.32 Å². The van der Waals surface area contributed by atoms with Crippen LogP contribution in [0.3, 0.4) is 0 Å². The van der Waals surface area contributed by atoms with Crippen molar-refractivity contribution in [3.63, 3.8) is 0 Å². The molecule has 1 fully saturated rings. The number of carbonyl (C=O) groups is 1. The summed E-state index contributed by atoms with van der Waals surface area (Å²) in [4.78, 5) is 19.7. The van der Waals surface area contributed by atoms with E-state index in [1.54, 1.807) is 21.3 Å². The van der Waals surface area contributed by atoms with Crippen molar-refractivity contribution >= 4 is 22.4 Å². The monoisotopic (exact) mass is 483 g/mol. The van der Waals surface area contributed by atoms with Gasteiger partial charge in [-0.3, -0.25) is 4.79 Å². The molecule has 1 saturated heterocycles. The van der Waals surface area contributed by atoms with Gasteiger partial charge in [-0.25, -0.2) is 4.98 Å². The Labute approximate surface area is 203 Å². The molecule has 3 aromatic rings. The Morgan fingerprint density at radius 3 is 2.53 bits per heavy atom. The number of nitrogens with zero attached hydrogens (tertiary/aromatic N) is 2. The third-order valence-electron chi connectivity index (χ3n) is 5.99. The number of amides is 1. The fourth-order valence-electron chi connectivity index (χ4n) is 4.14. The van der Waals surface area contributed by atoms with Gasteiger partial charge in [0.2, 0.25) is 11.7 Å². The van der Waals surface area contributed by atoms with Crippen LogP contribution in [0.5, 0.6) is 17.2 Å². The van der Waals surface area contributed by atoms with Crippen LogP contribution >= 0.6 is 11.3 Å². The summed E-state index contributed by atoms with van der Waals surface area (Å²) in [5.41, 5.74) is 3.72. The van der Waals surface area contributed by atoms with Crippen molar-refractivity contribution in [1.29, 1.82) is 0 Å². The number of nitrogens with one attached hydrogen (secondary N) is 1. The molecule has 1 unspecified atom stereocenters. The van der Waals surface area contributed by atoms with E-state index in [9.17, 15) is 9.90 Å². The Balaban J connectivity index is 1.55. The molecule has 2 aromatic carbocycles. The van der Waals surface area contributed by atoms with Gasteiger partial charge in [-0.15, -0.1) is 11.3 Å². The number of hydrogen-bond donors (Lipinski definition) is 2. The van der Waals surface area contributed by atoms with Crippen LogP contribution in [0, 0.1) is 6.92 Å². The van der Waals surface area contributed by atoms with Crippen LogP contribution in [0.25, 0.3) is 11.3 Å². The maximum atomic E-state index is 13.0. The summed E-state index contributed by atoms with van der Waals surface area (Å²) in [5.74, 6) is 1.47. The van der Waals surface area contributed by atoms with E-state index < -0.39 is 12.1 Å². The van der Waals surface area contributed by atoms with Gasteiger partial charge in [-0.1, -0.05) is 24.3 Å². The third kappa shape index (κ3) is 4.80. The molecule has 2 N–H and O–H groups in total. The molecule has 0 bridgehead atoms. The van der Waals surface area contributed by atoms with Crippen LogP contribution in [0.15, 0.2) is 41.8 Å². The van der Waals surface area contributed by atoms with E-state index in [1.165, 1.54) is 11.3 Å². The van der Waals surface area contributed by atoms with Gasteiger partial charge < -0.3 is 29.5 Å². The van der Waals surface area contributed by atoms with Crippen molar-refractivity contribution in [1.82, 2.24) is 10.3 Å². The maximum Gasteiger partial charge on any atom is 0.243 e. The number of aliphatic hydroxyl groups excluding tert-OH is 1. The molecule has 9 heteroatoms. The number of aromatic nitrogens is 1. The largest absolute Gasteiger partial charge is 0.493 e. The normalized spacial score (nSPS) is 17.5. The van der Waals surface area contributed by atoms with Crippen molar-refractivity contribution in [2.24, 2.45) is 0 Å². The van der Waals surface area contributed by atoms with Crippen molar-refractivity contribution < 1.29 is 24.1 Å². The van der Waals surface area contributed by atoms with Crippen LogP contribution in [0.2, 0.25) is 0 Å². The van der Waals surface area contributed by atoms with Crippen LogP contribution in [0.1, 0.15) is 17.5 Å². The number of hydrogen-bond acceptors (Lipinski definition) is 8. The van der Waals surface area contributed by atoms with Gasteiger partial charge in [0.05, 0.1) is 33.1 Å². The molecule has 8 nitrogen and oxygen atoms in total. The first-order valence-corrected chi connectivity index (χ1v) is 11.9. The Hall–Kier alpha value is -3.30. The predicted molar refractivity (Wildman–Crippen MR) is 132 cm³/mol. The molecule has 2 atom stereocenters. The van der Waals surface area contributed by atoms with E-state index in [0.29, 0.717) is 41.9 Å². The number of methoxy groups -OCH3 is 3. The molecule has 34 heavy (non-hydrogen) atoms. The number of anilines is 1. The van der Waals surface area contributed by atoms with Gasteiger partial charge in [0.15, 0.2) is 16.6 Å². The summed E-state index contributed by atoms with van der Waals surface area (Å²) in [6.45, 7) is 2.82. The summed E-state index contributed by atoms with van der Waals surface area (Å²) < 4.78 is 16.3. The van der Waals surface area contributed by atoms with Gasteiger partial charge in [-0.2, -0.15) is 0 Å². The number of benzene rings is 2. The SMILES string of the molecule is COc1cc(-c2csc(N3CC(O)C[C@H]3C(=O)NCc3ccccc3C)n2)cc(OC)c1OC. The molecule has 1 aliphatic rings. The van der Waals surface area contributed by atoms with Crippen molar-refractivity contribution in [2.75, 3.05) is 32.8 Å². The first-order chi connectivity index (χ1) is 16.4. The zero-order valence-electron chi connectivity index (χ0n) is 19.7. The highest BCUT2D eigenvalue weighted by Gasteiger charge is 2.37. The second-order valence-electron chi connectivity index (χ2n) is 8.13. The zero-order valence-corrected chi connectivity index (χ0v) is 20.5. The Kier molecular flexibility index (Phi) is 7.23. The first kappa shape index (κ1) is 23.8. The molecule has 180 valence electrons.